The van der Waals surface area contributed by atoms with E-state index in [-0.39, 0.29) is 11.2 Å². The average molecular weight is 396 g/mol. The number of ether oxygens (including phenoxy) is 2. The SMILES string of the molecule is COc1ccc(S[C@H](C)C(=O)Nc2cccc(Br)c2)cc1OC. The first-order valence-electron chi connectivity index (χ1n) is 6.98. The molecular weight excluding hydrogens is 378 g/mol. The van der Waals surface area contributed by atoms with Gasteiger partial charge in [-0.2, -0.15) is 0 Å². The van der Waals surface area contributed by atoms with Crippen molar-refractivity contribution >= 4 is 39.3 Å². The van der Waals surface area contributed by atoms with Crippen molar-refractivity contribution in [2.45, 2.75) is 17.1 Å². The predicted octanol–water partition coefficient (Wildman–Crippen LogP) is 4.59. The molecule has 0 fully saturated rings. The summed E-state index contributed by atoms with van der Waals surface area (Å²) < 4.78 is 11.4. The van der Waals surface area contributed by atoms with E-state index in [1.807, 2.05) is 49.4 Å². The van der Waals surface area contributed by atoms with Crippen LogP contribution in [-0.2, 0) is 4.79 Å². The summed E-state index contributed by atoms with van der Waals surface area (Å²) in [5.74, 6) is 1.27. The molecule has 0 aliphatic heterocycles. The molecule has 0 bridgehead atoms. The van der Waals surface area contributed by atoms with Gasteiger partial charge in [-0.25, -0.2) is 0 Å². The van der Waals surface area contributed by atoms with E-state index in [0.717, 1.165) is 15.1 Å². The quantitative estimate of drug-likeness (QED) is 0.726. The summed E-state index contributed by atoms with van der Waals surface area (Å²) in [4.78, 5) is 13.2. The van der Waals surface area contributed by atoms with Gasteiger partial charge in [-0.05, 0) is 43.3 Å². The zero-order valence-corrected chi connectivity index (χ0v) is 15.5. The molecule has 0 radical (unpaired) electrons. The van der Waals surface area contributed by atoms with Gasteiger partial charge in [0.25, 0.3) is 0 Å². The molecule has 0 unspecified atom stereocenters. The van der Waals surface area contributed by atoms with Crippen molar-refractivity contribution in [2.24, 2.45) is 0 Å². The molecule has 0 saturated carbocycles. The smallest absolute Gasteiger partial charge is 0.237 e. The van der Waals surface area contributed by atoms with Gasteiger partial charge >= 0.3 is 0 Å². The van der Waals surface area contributed by atoms with E-state index >= 15 is 0 Å². The van der Waals surface area contributed by atoms with E-state index in [0.29, 0.717) is 11.5 Å². The zero-order chi connectivity index (χ0) is 16.8. The second-order valence-corrected chi connectivity index (χ2v) is 7.11. The molecule has 2 aromatic rings. The Bertz CT molecular complexity index is 693. The number of hydrogen-bond donors (Lipinski definition) is 1. The average Bonchev–Trinajstić information content (AvgIpc) is 2.54. The number of benzene rings is 2. The Hall–Kier alpha value is -1.66. The number of amides is 1. The van der Waals surface area contributed by atoms with E-state index in [1.54, 1.807) is 14.2 Å². The van der Waals surface area contributed by atoms with Crippen LogP contribution in [0.4, 0.5) is 5.69 Å². The summed E-state index contributed by atoms with van der Waals surface area (Å²) in [6, 6.07) is 13.1. The number of rotatable bonds is 6. The van der Waals surface area contributed by atoms with Crippen LogP contribution in [0.25, 0.3) is 0 Å². The third kappa shape index (κ3) is 4.91. The second kappa shape index (κ2) is 8.26. The van der Waals surface area contributed by atoms with Gasteiger partial charge < -0.3 is 14.8 Å². The first-order valence-corrected chi connectivity index (χ1v) is 8.66. The lowest BCUT2D eigenvalue weighted by Gasteiger charge is -2.14. The van der Waals surface area contributed by atoms with Crippen molar-refractivity contribution in [1.29, 1.82) is 0 Å². The molecule has 23 heavy (non-hydrogen) atoms. The molecule has 0 aromatic heterocycles. The number of carbonyl (C=O) groups excluding carboxylic acids is 1. The Kier molecular flexibility index (Phi) is 6.36. The lowest BCUT2D eigenvalue weighted by molar-refractivity contribution is -0.115. The van der Waals surface area contributed by atoms with Gasteiger partial charge in [-0.1, -0.05) is 22.0 Å². The Balaban J connectivity index is 2.03. The molecule has 1 atom stereocenters. The fourth-order valence-corrected chi connectivity index (χ4v) is 3.25. The van der Waals surface area contributed by atoms with Crippen molar-refractivity contribution in [3.8, 4) is 11.5 Å². The van der Waals surface area contributed by atoms with E-state index in [2.05, 4.69) is 21.2 Å². The Morgan fingerprint density at radius 3 is 2.52 bits per heavy atom. The molecule has 1 N–H and O–H groups in total. The van der Waals surface area contributed by atoms with Gasteiger partial charge in [0, 0.05) is 15.1 Å². The lowest BCUT2D eigenvalue weighted by atomic mass is 10.3. The fourth-order valence-electron chi connectivity index (χ4n) is 1.96. The molecule has 0 heterocycles. The van der Waals surface area contributed by atoms with E-state index in [4.69, 9.17) is 9.47 Å². The van der Waals surface area contributed by atoms with Crippen LogP contribution >= 0.6 is 27.7 Å². The largest absolute Gasteiger partial charge is 0.493 e. The van der Waals surface area contributed by atoms with Crippen LogP contribution in [0.5, 0.6) is 11.5 Å². The maximum absolute atomic E-state index is 12.3. The number of anilines is 1. The highest BCUT2D eigenvalue weighted by atomic mass is 79.9. The summed E-state index contributed by atoms with van der Waals surface area (Å²) >= 11 is 4.85. The van der Waals surface area contributed by atoms with Crippen LogP contribution in [0.15, 0.2) is 51.8 Å². The third-order valence-electron chi connectivity index (χ3n) is 3.13. The highest BCUT2D eigenvalue weighted by Crippen LogP contribution is 2.33. The first-order chi connectivity index (χ1) is 11.0. The van der Waals surface area contributed by atoms with Gasteiger partial charge in [0.05, 0.1) is 19.5 Å². The van der Waals surface area contributed by atoms with Crippen LogP contribution in [0.1, 0.15) is 6.92 Å². The molecule has 0 saturated heterocycles. The van der Waals surface area contributed by atoms with Gasteiger partial charge in [0.1, 0.15) is 0 Å². The van der Waals surface area contributed by atoms with Crippen LogP contribution < -0.4 is 14.8 Å². The summed E-state index contributed by atoms with van der Waals surface area (Å²) in [6.45, 7) is 1.87. The number of thioether (sulfide) groups is 1. The van der Waals surface area contributed by atoms with Crippen LogP contribution in [-0.4, -0.2) is 25.4 Å². The molecule has 2 rings (SSSR count). The minimum absolute atomic E-state index is 0.0529. The van der Waals surface area contributed by atoms with E-state index in [9.17, 15) is 4.79 Å². The molecule has 4 nitrogen and oxygen atoms in total. The van der Waals surface area contributed by atoms with Gasteiger partial charge in [-0.3, -0.25) is 4.79 Å². The molecule has 122 valence electrons. The molecule has 6 heteroatoms. The van der Waals surface area contributed by atoms with Crippen LogP contribution in [0.3, 0.4) is 0 Å². The van der Waals surface area contributed by atoms with Crippen molar-refractivity contribution in [2.75, 3.05) is 19.5 Å². The number of methoxy groups -OCH3 is 2. The minimum atomic E-state index is -0.243. The Labute approximate surface area is 148 Å². The van der Waals surface area contributed by atoms with Crippen LogP contribution in [0, 0.1) is 0 Å². The number of halogens is 1. The summed E-state index contributed by atoms with van der Waals surface area (Å²) in [7, 11) is 3.19. The maximum Gasteiger partial charge on any atom is 0.237 e. The van der Waals surface area contributed by atoms with Crippen molar-refractivity contribution < 1.29 is 14.3 Å². The highest BCUT2D eigenvalue weighted by Gasteiger charge is 2.16. The van der Waals surface area contributed by atoms with E-state index < -0.39 is 0 Å². The van der Waals surface area contributed by atoms with Crippen molar-refractivity contribution in [3.05, 3.63) is 46.9 Å². The molecule has 2 aromatic carbocycles. The molecule has 0 aliphatic carbocycles. The standard InChI is InChI=1S/C17H18BrNO3S/c1-11(17(20)19-13-6-4-5-12(18)9-13)23-14-7-8-15(21-2)16(10-14)22-3/h4-11H,1-3H3,(H,19,20)/t11-/m1/s1. The normalized spacial score (nSPS) is 11.7. The van der Waals surface area contributed by atoms with Gasteiger partial charge in [-0.15, -0.1) is 11.8 Å². The number of nitrogens with one attached hydrogen (secondary N) is 1. The molecule has 0 aliphatic rings. The predicted molar refractivity (Wildman–Crippen MR) is 97.6 cm³/mol. The number of hydrogen-bond acceptors (Lipinski definition) is 4. The van der Waals surface area contributed by atoms with E-state index in [1.165, 1.54) is 11.8 Å². The lowest BCUT2D eigenvalue weighted by Crippen LogP contribution is -2.22. The number of carbonyl (C=O) groups is 1. The third-order valence-corrected chi connectivity index (χ3v) is 4.72. The Morgan fingerprint density at radius 1 is 1.13 bits per heavy atom. The zero-order valence-electron chi connectivity index (χ0n) is 13.1. The minimum Gasteiger partial charge on any atom is -0.493 e. The summed E-state index contributed by atoms with van der Waals surface area (Å²) in [5.41, 5.74) is 0.768. The fraction of sp³-hybridized carbons (Fsp3) is 0.235. The second-order valence-electron chi connectivity index (χ2n) is 4.78. The summed E-state index contributed by atoms with van der Waals surface area (Å²) in [6.07, 6.45) is 0. The summed E-state index contributed by atoms with van der Waals surface area (Å²) in [5, 5.41) is 2.66. The van der Waals surface area contributed by atoms with Crippen molar-refractivity contribution in [3.63, 3.8) is 0 Å². The highest BCUT2D eigenvalue weighted by molar-refractivity contribution is 9.10. The van der Waals surface area contributed by atoms with Crippen LogP contribution in [0.2, 0.25) is 0 Å². The maximum atomic E-state index is 12.3. The molecule has 1 amide bonds. The van der Waals surface area contributed by atoms with Gasteiger partial charge in [0.2, 0.25) is 5.91 Å². The topological polar surface area (TPSA) is 47.6 Å². The van der Waals surface area contributed by atoms with Gasteiger partial charge in [0.15, 0.2) is 11.5 Å². The van der Waals surface area contributed by atoms with Crippen molar-refractivity contribution in [1.82, 2.24) is 0 Å². The molecular formula is C17H18BrNO3S. The molecule has 0 spiro atoms. The monoisotopic (exact) mass is 395 g/mol. The first kappa shape index (κ1) is 17.7. The Morgan fingerprint density at radius 2 is 1.87 bits per heavy atom.